The summed E-state index contributed by atoms with van der Waals surface area (Å²) < 4.78 is 0. The van der Waals surface area contributed by atoms with E-state index in [-0.39, 0.29) is 0 Å². The number of hydrazone groups is 1. The second kappa shape index (κ2) is 4.04. The second-order valence-corrected chi connectivity index (χ2v) is 3.45. The molecule has 0 spiro atoms. The molecule has 0 atom stereocenters. The third-order valence-electron chi connectivity index (χ3n) is 1.96. The highest BCUT2D eigenvalue weighted by Crippen LogP contribution is 2.18. The van der Waals surface area contributed by atoms with E-state index in [2.05, 4.69) is 20.7 Å². The monoisotopic (exact) mass is 200 g/mol. The van der Waals surface area contributed by atoms with Gasteiger partial charge in [0.1, 0.15) is 0 Å². The average molecular weight is 200 g/mol. The Morgan fingerprint density at radius 1 is 1.27 bits per heavy atom. The molecule has 0 saturated heterocycles. The molecule has 15 heavy (non-hydrogen) atoms. The normalized spacial score (nSPS) is 10.0. The number of rotatable bonds is 2. The van der Waals surface area contributed by atoms with Gasteiger partial charge in [0.2, 0.25) is 0 Å². The van der Waals surface area contributed by atoms with Crippen LogP contribution in [0.4, 0.5) is 5.82 Å². The van der Waals surface area contributed by atoms with Crippen molar-refractivity contribution >= 4 is 22.3 Å². The summed E-state index contributed by atoms with van der Waals surface area (Å²) in [6, 6.07) is 7.93. The maximum absolute atomic E-state index is 4.11. The van der Waals surface area contributed by atoms with E-state index in [0.29, 0.717) is 5.82 Å². The molecule has 0 saturated carbocycles. The maximum atomic E-state index is 4.11. The molecule has 1 N–H and O–H groups in total. The van der Waals surface area contributed by atoms with Crippen molar-refractivity contribution in [2.75, 3.05) is 5.43 Å². The summed E-state index contributed by atoms with van der Waals surface area (Å²) in [5, 5.41) is 14.1. The highest BCUT2D eigenvalue weighted by Gasteiger charge is 2.00. The molecule has 76 valence electrons. The van der Waals surface area contributed by atoms with Crippen molar-refractivity contribution in [3.05, 3.63) is 30.5 Å². The predicted molar refractivity (Wildman–Crippen MR) is 61.9 cm³/mol. The van der Waals surface area contributed by atoms with Crippen LogP contribution in [0.15, 0.2) is 35.6 Å². The Bertz CT molecular complexity index is 495. The first-order valence-electron chi connectivity index (χ1n) is 4.75. The van der Waals surface area contributed by atoms with Gasteiger partial charge < -0.3 is 0 Å². The van der Waals surface area contributed by atoms with Gasteiger partial charge in [0.15, 0.2) is 5.82 Å². The Balaban J connectivity index is 2.47. The zero-order valence-electron chi connectivity index (χ0n) is 8.73. The van der Waals surface area contributed by atoms with Crippen LogP contribution >= 0.6 is 0 Å². The van der Waals surface area contributed by atoms with E-state index < -0.39 is 0 Å². The lowest BCUT2D eigenvalue weighted by Gasteiger charge is -2.03. The highest BCUT2D eigenvalue weighted by atomic mass is 15.3. The number of hydrogen-bond donors (Lipinski definition) is 1. The van der Waals surface area contributed by atoms with E-state index in [1.165, 1.54) is 0 Å². The van der Waals surface area contributed by atoms with E-state index in [1.807, 2.05) is 38.1 Å². The minimum Gasteiger partial charge on any atom is -0.259 e. The Hall–Kier alpha value is -1.97. The smallest absolute Gasteiger partial charge is 0.176 e. The summed E-state index contributed by atoms with van der Waals surface area (Å²) in [5.41, 5.74) is 3.85. The van der Waals surface area contributed by atoms with Gasteiger partial charge in [0.05, 0.1) is 6.20 Å². The van der Waals surface area contributed by atoms with Gasteiger partial charge in [-0.3, -0.25) is 5.43 Å². The quantitative estimate of drug-likeness (QED) is 0.598. The number of nitrogens with zero attached hydrogens (tertiary/aromatic N) is 3. The van der Waals surface area contributed by atoms with Crippen LogP contribution in [-0.4, -0.2) is 15.9 Å². The topological polar surface area (TPSA) is 50.2 Å². The zero-order valence-corrected chi connectivity index (χ0v) is 8.73. The molecular weight excluding hydrogens is 188 g/mol. The Morgan fingerprint density at radius 2 is 2.07 bits per heavy atom. The van der Waals surface area contributed by atoms with Crippen molar-refractivity contribution in [2.45, 2.75) is 13.8 Å². The third kappa shape index (κ3) is 2.10. The molecule has 0 amide bonds. The number of benzene rings is 1. The first kappa shape index (κ1) is 9.58. The summed E-state index contributed by atoms with van der Waals surface area (Å²) in [6.45, 7) is 3.84. The van der Waals surface area contributed by atoms with Crippen molar-refractivity contribution in [3.8, 4) is 0 Å². The van der Waals surface area contributed by atoms with E-state index >= 15 is 0 Å². The van der Waals surface area contributed by atoms with Gasteiger partial charge in [0, 0.05) is 16.5 Å². The number of aromatic nitrogens is 2. The lowest BCUT2D eigenvalue weighted by molar-refractivity contribution is 1.04. The van der Waals surface area contributed by atoms with Crippen molar-refractivity contribution in [1.29, 1.82) is 0 Å². The summed E-state index contributed by atoms with van der Waals surface area (Å²) in [4.78, 5) is 0. The Morgan fingerprint density at radius 3 is 2.87 bits per heavy atom. The van der Waals surface area contributed by atoms with Gasteiger partial charge in [0.25, 0.3) is 0 Å². The summed E-state index contributed by atoms with van der Waals surface area (Å²) >= 11 is 0. The van der Waals surface area contributed by atoms with Gasteiger partial charge >= 0.3 is 0 Å². The molecular formula is C11H12N4. The number of nitrogens with one attached hydrogen (secondary N) is 1. The molecule has 4 nitrogen and oxygen atoms in total. The molecule has 0 bridgehead atoms. The van der Waals surface area contributed by atoms with Crippen LogP contribution in [0.2, 0.25) is 0 Å². The first-order valence-corrected chi connectivity index (χ1v) is 4.75. The Labute approximate surface area is 88.0 Å². The van der Waals surface area contributed by atoms with Gasteiger partial charge in [-0.1, -0.05) is 24.3 Å². The van der Waals surface area contributed by atoms with E-state index in [4.69, 9.17) is 0 Å². The number of hydrogen-bond acceptors (Lipinski definition) is 4. The molecule has 1 heterocycles. The molecule has 2 aromatic rings. The molecule has 1 aromatic carbocycles. The lowest BCUT2D eigenvalue weighted by Crippen LogP contribution is -1.97. The summed E-state index contributed by atoms with van der Waals surface area (Å²) in [6.07, 6.45) is 1.74. The van der Waals surface area contributed by atoms with Gasteiger partial charge in [-0.05, 0) is 13.8 Å². The number of anilines is 1. The first-order chi connectivity index (χ1) is 7.27. The van der Waals surface area contributed by atoms with Gasteiger partial charge in [-0.2, -0.15) is 10.2 Å². The molecule has 0 aliphatic carbocycles. The fraction of sp³-hybridized carbons (Fsp3) is 0.182. The van der Waals surface area contributed by atoms with Crippen LogP contribution in [0.1, 0.15) is 13.8 Å². The van der Waals surface area contributed by atoms with Crippen LogP contribution in [0, 0.1) is 0 Å². The average Bonchev–Trinajstić information content (AvgIpc) is 2.26. The highest BCUT2D eigenvalue weighted by molar-refractivity contribution is 5.91. The molecule has 2 rings (SSSR count). The SMILES string of the molecule is CC(C)=NNc1nncc2ccccc12. The van der Waals surface area contributed by atoms with Crippen LogP contribution in [0.3, 0.4) is 0 Å². The fourth-order valence-electron chi connectivity index (χ4n) is 1.28. The van der Waals surface area contributed by atoms with Crippen molar-refractivity contribution in [2.24, 2.45) is 5.10 Å². The van der Waals surface area contributed by atoms with Crippen LogP contribution in [0.5, 0.6) is 0 Å². The minimum atomic E-state index is 0.689. The molecule has 0 radical (unpaired) electrons. The zero-order chi connectivity index (χ0) is 10.7. The van der Waals surface area contributed by atoms with E-state index in [0.717, 1.165) is 16.5 Å². The van der Waals surface area contributed by atoms with Crippen LogP contribution in [0.25, 0.3) is 10.8 Å². The Kier molecular flexibility index (Phi) is 2.58. The van der Waals surface area contributed by atoms with Crippen LogP contribution < -0.4 is 5.43 Å². The molecule has 0 unspecified atom stereocenters. The standard InChI is InChI=1S/C11H12N4/c1-8(2)13-15-11-10-6-4-3-5-9(10)7-12-14-11/h3-7H,1-2H3,(H,14,15). The van der Waals surface area contributed by atoms with Crippen LogP contribution in [-0.2, 0) is 0 Å². The van der Waals surface area contributed by atoms with Crippen molar-refractivity contribution in [3.63, 3.8) is 0 Å². The largest absolute Gasteiger partial charge is 0.259 e. The van der Waals surface area contributed by atoms with Gasteiger partial charge in [-0.15, -0.1) is 5.10 Å². The van der Waals surface area contributed by atoms with E-state index in [9.17, 15) is 0 Å². The predicted octanol–water partition coefficient (Wildman–Crippen LogP) is 2.44. The molecule has 4 heteroatoms. The second-order valence-electron chi connectivity index (χ2n) is 3.45. The molecule has 1 aromatic heterocycles. The number of fused-ring (bicyclic) bond motifs is 1. The molecule has 0 aliphatic heterocycles. The fourth-order valence-corrected chi connectivity index (χ4v) is 1.28. The minimum absolute atomic E-state index is 0.689. The molecule has 0 aliphatic rings. The maximum Gasteiger partial charge on any atom is 0.176 e. The van der Waals surface area contributed by atoms with Gasteiger partial charge in [-0.25, -0.2) is 0 Å². The summed E-state index contributed by atoms with van der Waals surface area (Å²) in [5.74, 6) is 0.689. The lowest BCUT2D eigenvalue weighted by atomic mass is 10.2. The summed E-state index contributed by atoms with van der Waals surface area (Å²) in [7, 11) is 0. The third-order valence-corrected chi connectivity index (χ3v) is 1.96. The molecule has 0 fully saturated rings. The van der Waals surface area contributed by atoms with Crippen molar-refractivity contribution in [1.82, 2.24) is 10.2 Å². The van der Waals surface area contributed by atoms with E-state index in [1.54, 1.807) is 6.20 Å². The van der Waals surface area contributed by atoms with Crippen molar-refractivity contribution < 1.29 is 0 Å².